The largest absolute Gasteiger partial charge is 0.492 e. The van der Waals surface area contributed by atoms with Crippen molar-refractivity contribution in [2.75, 3.05) is 11.9 Å². The van der Waals surface area contributed by atoms with Crippen LogP contribution in [-0.4, -0.2) is 18.6 Å². The first-order valence-electron chi connectivity index (χ1n) is 7.05. The lowest BCUT2D eigenvalue weighted by Crippen LogP contribution is -2.30. The first-order valence-corrected chi connectivity index (χ1v) is 7.43. The van der Waals surface area contributed by atoms with Crippen LogP contribution in [0.4, 0.5) is 5.69 Å². The topological polar surface area (TPSA) is 47.6 Å². The molecule has 5 heteroatoms. The van der Waals surface area contributed by atoms with E-state index >= 15 is 0 Å². The van der Waals surface area contributed by atoms with Gasteiger partial charge in [0, 0.05) is 5.02 Å². The minimum atomic E-state index is -0.643. The molecule has 2 aromatic rings. The Labute approximate surface area is 135 Å². The summed E-state index contributed by atoms with van der Waals surface area (Å²) in [6.07, 6.45) is -0.643. The Bertz CT molecular complexity index is 628. The van der Waals surface area contributed by atoms with Gasteiger partial charge in [-0.05, 0) is 50.2 Å². The van der Waals surface area contributed by atoms with Crippen molar-refractivity contribution in [3.63, 3.8) is 0 Å². The standard InChI is InChI=1S/C17H18ClNO3/c1-3-21-16-7-5-4-6-15(16)19-17(20)12(2)22-14-10-8-13(18)9-11-14/h4-12H,3H2,1-2H3,(H,19,20)/t12-/m0/s1. The Morgan fingerprint density at radius 1 is 1.18 bits per heavy atom. The zero-order valence-electron chi connectivity index (χ0n) is 12.5. The van der Waals surface area contributed by atoms with Crippen LogP contribution in [0.15, 0.2) is 48.5 Å². The summed E-state index contributed by atoms with van der Waals surface area (Å²) in [6.45, 7) is 4.11. The Kier molecular flexibility index (Phi) is 5.67. The van der Waals surface area contributed by atoms with E-state index in [0.717, 1.165) is 0 Å². The molecule has 0 heterocycles. The van der Waals surface area contributed by atoms with Crippen LogP contribution in [0, 0.1) is 0 Å². The third kappa shape index (κ3) is 4.40. The predicted octanol–water partition coefficient (Wildman–Crippen LogP) is 4.14. The highest BCUT2D eigenvalue weighted by Crippen LogP contribution is 2.24. The van der Waals surface area contributed by atoms with E-state index in [-0.39, 0.29) is 5.91 Å². The second kappa shape index (κ2) is 7.71. The van der Waals surface area contributed by atoms with Crippen molar-refractivity contribution in [1.29, 1.82) is 0 Å². The number of halogens is 1. The maximum Gasteiger partial charge on any atom is 0.265 e. The van der Waals surface area contributed by atoms with Gasteiger partial charge in [0.1, 0.15) is 11.5 Å². The molecule has 2 aromatic carbocycles. The van der Waals surface area contributed by atoms with Crippen molar-refractivity contribution in [1.82, 2.24) is 0 Å². The quantitative estimate of drug-likeness (QED) is 0.870. The average molecular weight is 320 g/mol. The summed E-state index contributed by atoms with van der Waals surface area (Å²) in [6, 6.07) is 14.2. The maximum absolute atomic E-state index is 12.2. The van der Waals surface area contributed by atoms with Crippen LogP contribution >= 0.6 is 11.6 Å². The monoisotopic (exact) mass is 319 g/mol. The minimum Gasteiger partial charge on any atom is -0.492 e. The summed E-state index contributed by atoms with van der Waals surface area (Å²) < 4.78 is 11.1. The normalized spacial score (nSPS) is 11.6. The Hall–Kier alpha value is -2.20. The molecule has 0 spiro atoms. The van der Waals surface area contributed by atoms with E-state index in [1.807, 2.05) is 25.1 Å². The molecule has 0 bridgehead atoms. The number of para-hydroxylation sites is 2. The molecular weight excluding hydrogens is 302 g/mol. The Morgan fingerprint density at radius 2 is 1.86 bits per heavy atom. The first-order chi connectivity index (χ1) is 10.6. The molecule has 22 heavy (non-hydrogen) atoms. The molecule has 0 saturated carbocycles. The van der Waals surface area contributed by atoms with Gasteiger partial charge >= 0.3 is 0 Å². The van der Waals surface area contributed by atoms with Gasteiger partial charge in [0.25, 0.3) is 5.91 Å². The van der Waals surface area contributed by atoms with Crippen molar-refractivity contribution in [3.05, 3.63) is 53.6 Å². The van der Waals surface area contributed by atoms with E-state index in [1.165, 1.54) is 0 Å². The molecule has 1 atom stereocenters. The second-order valence-electron chi connectivity index (χ2n) is 4.63. The van der Waals surface area contributed by atoms with Crippen molar-refractivity contribution in [3.8, 4) is 11.5 Å². The van der Waals surface area contributed by atoms with E-state index < -0.39 is 6.10 Å². The number of anilines is 1. The molecule has 0 aliphatic rings. The van der Waals surface area contributed by atoms with Crippen LogP contribution in [0.2, 0.25) is 5.02 Å². The van der Waals surface area contributed by atoms with Crippen molar-refractivity contribution < 1.29 is 14.3 Å². The molecule has 0 aliphatic heterocycles. The maximum atomic E-state index is 12.2. The lowest BCUT2D eigenvalue weighted by Gasteiger charge is -2.16. The van der Waals surface area contributed by atoms with E-state index in [4.69, 9.17) is 21.1 Å². The highest BCUT2D eigenvalue weighted by molar-refractivity contribution is 6.30. The van der Waals surface area contributed by atoms with Crippen LogP contribution in [0.25, 0.3) is 0 Å². The van der Waals surface area contributed by atoms with E-state index in [0.29, 0.717) is 28.8 Å². The van der Waals surface area contributed by atoms with E-state index in [9.17, 15) is 4.79 Å². The number of carbonyl (C=O) groups excluding carboxylic acids is 1. The minimum absolute atomic E-state index is 0.248. The smallest absolute Gasteiger partial charge is 0.265 e. The zero-order valence-corrected chi connectivity index (χ0v) is 13.3. The summed E-state index contributed by atoms with van der Waals surface area (Å²) >= 11 is 5.82. The molecule has 0 unspecified atom stereocenters. The first kappa shape index (κ1) is 16.2. The van der Waals surface area contributed by atoms with Crippen LogP contribution < -0.4 is 14.8 Å². The fourth-order valence-corrected chi connectivity index (χ4v) is 1.98. The second-order valence-corrected chi connectivity index (χ2v) is 5.07. The van der Waals surface area contributed by atoms with Gasteiger partial charge in [-0.3, -0.25) is 4.79 Å². The summed E-state index contributed by atoms with van der Waals surface area (Å²) in [5, 5.41) is 3.43. The summed E-state index contributed by atoms with van der Waals surface area (Å²) in [4.78, 5) is 12.2. The van der Waals surface area contributed by atoms with Crippen molar-refractivity contribution in [2.45, 2.75) is 20.0 Å². The Morgan fingerprint density at radius 3 is 2.55 bits per heavy atom. The number of rotatable bonds is 6. The SMILES string of the molecule is CCOc1ccccc1NC(=O)[C@H](C)Oc1ccc(Cl)cc1. The molecule has 0 radical (unpaired) electrons. The number of hydrogen-bond acceptors (Lipinski definition) is 3. The van der Waals surface area contributed by atoms with Gasteiger partial charge < -0.3 is 14.8 Å². The number of nitrogens with one attached hydrogen (secondary N) is 1. The molecule has 2 rings (SSSR count). The third-order valence-electron chi connectivity index (χ3n) is 2.94. The highest BCUT2D eigenvalue weighted by Gasteiger charge is 2.16. The molecule has 1 N–H and O–H groups in total. The number of carbonyl (C=O) groups is 1. The number of hydrogen-bond donors (Lipinski definition) is 1. The van der Waals surface area contributed by atoms with Gasteiger partial charge in [-0.2, -0.15) is 0 Å². The predicted molar refractivity (Wildman–Crippen MR) is 87.8 cm³/mol. The molecule has 0 aromatic heterocycles. The average Bonchev–Trinajstić information content (AvgIpc) is 2.51. The van der Waals surface area contributed by atoms with Gasteiger partial charge in [-0.25, -0.2) is 0 Å². The van der Waals surface area contributed by atoms with Crippen LogP contribution in [0.3, 0.4) is 0 Å². The van der Waals surface area contributed by atoms with Gasteiger partial charge in [0.15, 0.2) is 6.10 Å². The van der Waals surface area contributed by atoms with Gasteiger partial charge in [-0.15, -0.1) is 0 Å². The number of amides is 1. The molecule has 116 valence electrons. The van der Waals surface area contributed by atoms with Crippen LogP contribution in [0.5, 0.6) is 11.5 Å². The zero-order chi connectivity index (χ0) is 15.9. The fourth-order valence-electron chi connectivity index (χ4n) is 1.86. The van der Waals surface area contributed by atoms with Crippen LogP contribution in [0.1, 0.15) is 13.8 Å². The summed E-state index contributed by atoms with van der Waals surface area (Å²) in [5.74, 6) is 0.976. The lowest BCUT2D eigenvalue weighted by atomic mass is 10.2. The van der Waals surface area contributed by atoms with Gasteiger partial charge in [0.05, 0.1) is 12.3 Å². The molecule has 0 aliphatic carbocycles. The van der Waals surface area contributed by atoms with Gasteiger partial charge in [0.2, 0.25) is 0 Å². The summed E-state index contributed by atoms with van der Waals surface area (Å²) in [5.41, 5.74) is 0.626. The third-order valence-corrected chi connectivity index (χ3v) is 3.19. The molecule has 0 fully saturated rings. The molecule has 1 amide bonds. The van der Waals surface area contributed by atoms with Crippen molar-refractivity contribution >= 4 is 23.2 Å². The highest BCUT2D eigenvalue weighted by atomic mass is 35.5. The summed E-state index contributed by atoms with van der Waals surface area (Å²) in [7, 11) is 0. The number of benzene rings is 2. The van der Waals surface area contributed by atoms with Gasteiger partial charge in [-0.1, -0.05) is 23.7 Å². The van der Waals surface area contributed by atoms with Crippen molar-refractivity contribution in [2.24, 2.45) is 0 Å². The number of ether oxygens (including phenoxy) is 2. The Balaban J connectivity index is 2.01. The van der Waals surface area contributed by atoms with E-state index in [2.05, 4.69) is 5.32 Å². The van der Waals surface area contributed by atoms with Crippen LogP contribution in [-0.2, 0) is 4.79 Å². The lowest BCUT2D eigenvalue weighted by molar-refractivity contribution is -0.122. The molecule has 4 nitrogen and oxygen atoms in total. The molecule has 0 saturated heterocycles. The van der Waals surface area contributed by atoms with E-state index in [1.54, 1.807) is 37.3 Å². The molecular formula is C17H18ClNO3. The fraction of sp³-hybridized carbons (Fsp3) is 0.235.